The first kappa shape index (κ1) is 20.1. The van der Waals surface area contributed by atoms with Gasteiger partial charge >= 0.3 is 0 Å². The van der Waals surface area contributed by atoms with Crippen LogP contribution in [0.4, 0.5) is 0 Å². The summed E-state index contributed by atoms with van der Waals surface area (Å²) in [5, 5.41) is 6.45. The van der Waals surface area contributed by atoms with E-state index in [1.165, 1.54) is 0 Å². The first-order chi connectivity index (χ1) is 15.7. The fourth-order valence-electron chi connectivity index (χ4n) is 4.26. The Morgan fingerprint density at radius 2 is 1.72 bits per heavy atom. The molecule has 1 aliphatic heterocycles. The lowest BCUT2D eigenvalue weighted by Crippen LogP contribution is -2.40. The molecule has 3 aromatic heterocycles. The molecule has 0 bridgehead atoms. The summed E-state index contributed by atoms with van der Waals surface area (Å²) in [6.07, 6.45) is 6.76. The number of likely N-dealkylation sites (tertiary alicyclic amines) is 1. The Morgan fingerprint density at radius 1 is 0.938 bits per heavy atom. The van der Waals surface area contributed by atoms with Gasteiger partial charge in [-0.05, 0) is 48.4 Å². The zero-order chi connectivity index (χ0) is 21.9. The van der Waals surface area contributed by atoms with Gasteiger partial charge in [-0.3, -0.25) is 19.6 Å². The van der Waals surface area contributed by atoms with Crippen molar-refractivity contribution in [3.8, 4) is 11.3 Å². The van der Waals surface area contributed by atoms with Gasteiger partial charge in [0.1, 0.15) is 5.69 Å². The summed E-state index contributed by atoms with van der Waals surface area (Å²) in [6.45, 7) is 1.84. The minimum absolute atomic E-state index is 0.0322. The van der Waals surface area contributed by atoms with Gasteiger partial charge in [0.2, 0.25) is 0 Å². The standard InChI is InChI=1S/C25H23N5O2/c31-23-6-5-22(20-7-12-26-13-8-20)28-30(23)17-18-10-15-29(16-11-18)25(32)24-21-4-2-1-3-19(21)9-14-27-24/h1-9,12-14,18H,10-11,15-17H2. The van der Waals surface area contributed by atoms with Gasteiger partial charge in [0.25, 0.3) is 11.5 Å². The fourth-order valence-corrected chi connectivity index (χ4v) is 4.26. The molecule has 7 nitrogen and oxygen atoms in total. The van der Waals surface area contributed by atoms with E-state index in [4.69, 9.17) is 0 Å². The molecule has 0 spiro atoms. The summed E-state index contributed by atoms with van der Waals surface area (Å²) in [7, 11) is 0. The van der Waals surface area contributed by atoms with Crippen molar-refractivity contribution in [2.75, 3.05) is 13.1 Å². The quantitative estimate of drug-likeness (QED) is 0.501. The van der Waals surface area contributed by atoms with Crippen LogP contribution in [0.1, 0.15) is 23.3 Å². The third-order valence-corrected chi connectivity index (χ3v) is 6.05. The van der Waals surface area contributed by atoms with Crippen molar-refractivity contribution in [3.63, 3.8) is 0 Å². The summed E-state index contributed by atoms with van der Waals surface area (Å²) >= 11 is 0. The van der Waals surface area contributed by atoms with Gasteiger partial charge in [0.15, 0.2) is 0 Å². The number of benzene rings is 1. The highest BCUT2D eigenvalue weighted by molar-refractivity contribution is 6.05. The van der Waals surface area contributed by atoms with E-state index in [-0.39, 0.29) is 17.4 Å². The van der Waals surface area contributed by atoms with E-state index in [2.05, 4.69) is 15.1 Å². The van der Waals surface area contributed by atoms with Gasteiger partial charge in [-0.2, -0.15) is 5.10 Å². The number of fused-ring (bicyclic) bond motifs is 1. The van der Waals surface area contributed by atoms with Crippen LogP contribution in [-0.4, -0.2) is 43.6 Å². The van der Waals surface area contributed by atoms with Crippen LogP contribution in [0.3, 0.4) is 0 Å². The van der Waals surface area contributed by atoms with Crippen LogP contribution in [0.25, 0.3) is 22.0 Å². The van der Waals surface area contributed by atoms with Crippen molar-refractivity contribution in [1.29, 1.82) is 0 Å². The molecule has 1 aromatic carbocycles. The third kappa shape index (κ3) is 4.01. The maximum atomic E-state index is 13.1. The van der Waals surface area contributed by atoms with Gasteiger partial charge in [-0.15, -0.1) is 0 Å². The second-order valence-corrected chi connectivity index (χ2v) is 8.09. The summed E-state index contributed by atoms with van der Waals surface area (Å²) in [6, 6.07) is 16.8. The molecule has 0 unspecified atom stereocenters. The second-order valence-electron chi connectivity index (χ2n) is 8.09. The topological polar surface area (TPSA) is 81.0 Å². The van der Waals surface area contributed by atoms with Crippen molar-refractivity contribution in [2.24, 2.45) is 5.92 Å². The molecule has 160 valence electrons. The Hall–Kier alpha value is -3.87. The smallest absolute Gasteiger partial charge is 0.273 e. The number of aromatic nitrogens is 4. The van der Waals surface area contributed by atoms with Crippen LogP contribution < -0.4 is 5.56 Å². The minimum Gasteiger partial charge on any atom is -0.337 e. The zero-order valence-corrected chi connectivity index (χ0v) is 17.6. The van der Waals surface area contributed by atoms with E-state index in [9.17, 15) is 9.59 Å². The van der Waals surface area contributed by atoms with Crippen molar-refractivity contribution in [3.05, 3.63) is 89.2 Å². The molecule has 7 heteroatoms. The van der Waals surface area contributed by atoms with E-state index >= 15 is 0 Å². The third-order valence-electron chi connectivity index (χ3n) is 6.05. The van der Waals surface area contributed by atoms with E-state index in [0.717, 1.165) is 34.9 Å². The van der Waals surface area contributed by atoms with E-state index in [1.807, 2.05) is 47.4 Å². The Balaban J connectivity index is 1.27. The second kappa shape index (κ2) is 8.70. The summed E-state index contributed by atoms with van der Waals surface area (Å²) in [4.78, 5) is 35.8. The number of piperidine rings is 1. The monoisotopic (exact) mass is 425 g/mol. The number of hydrogen-bond donors (Lipinski definition) is 0. The predicted octanol–water partition coefficient (Wildman–Crippen LogP) is 3.41. The number of pyridine rings is 2. The van der Waals surface area contributed by atoms with Crippen LogP contribution in [0.5, 0.6) is 0 Å². The lowest BCUT2D eigenvalue weighted by atomic mass is 9.96. The highest BCUT2D eigenvalue weighted by Gasteiger charge is 2.26. The first-order valence-corrected chi connectivity index (χ1v) is 10.8. The molecule has 0 saturated carbocycles. The maximum Gasteiger partial charge on any atom is 0.273 e. The Kier molecular flexibility index (Phi) is 5.46. The number of amides is 1. The molecule has 5 rings (SSSR count). The van der Waals surface area contributed by atoms with Crippen molar-refractivity contribution in [1.82, 2.24) is 24.6 Å². The van der Waals surface area contributed by atoms with Crippen LogP contribution in [-0.2, 0) is 6.54 Å². The number of carbonyl (C=O) groups excluding carboxylic acids is 1. The van der Waals surface area contributed by atoms with Crippen LogP contribution in [0.2, 0.25) is 0 Å². The maximum absolute atomic E-state index is 13.1. The largest absolute Gasteiger partial charge is 0.337 e. The molecular formula is C25H23N5O2. The molecule has 0 atom stereocenters. The molecule has 0 radical (unpaired) electrons. The number of nitrogens with zero attached hydrogens (tertiary/aromatic N) is 5. The molecular weight excluding hydrogens is 402 g/mol. The molecule has 32 heavy (non-hydrogen) atoms. The van der Waals surface area contributed by atoms with E-state index in [0.29, 0.717) is 25.3 Å². The number of carbonyl (C=O) groups is 1. The van der Waals surface area contributed by atoms with Crippen LogP contribution in [0.15, 0.2) is 78.0 Å². The predicted molar refractivity (Wildman–Crippen MR) is 122 cm³/mol. The molecule has 0 N–H and O–H groups in total. The molecule has 4 heterocycles. The number of hydrogen-bond acceptors (Lipinski definition) is 5. The Labute approximate surface area is 185 Å². The zero-order valence-electron chi connectivity index (χ0n) is 17.6. The minimum atomic E-state index is -0.110. The normalized spacial score (nSPS) is 14.6. The first-order valence-electron chi connectivity index (χ1n) is 10.8. The average molecular weight is 425 g/mol. The van der Waals surface area contributed by atoms with Crippen molar-refractivity contribution < 1.29 is 4.79 Å². The highest BCUT2D eigenvalue weighted by Crippen LogP contribution is 2.23. The van der Waals surface area contributed by atoms with Gasteiger partial charge in [-0.25, -0.2) is 4.68 Å². The van der Waals surface area contributed by atoms with Crippen LogP contribution in [0, 0.1) is 5.92 Å². The molecule has 4 aromatic rings. The Morgan fingerprint density at radius 3 is 2.53 bits per heavy atom. The SMILES string of the molecule is O=C(c1nccc2ccccc12)N1CCC(Cn2nc(-c3ccncc3)ccc2=O)CC1. The summed E-state index contributed by atoms with van der Waals surface area (Å²) in [5.41, 5.74) is 2.07. The fraction of sp³-hybridized carbons (Fsp3) is 0.240. The van der Waals surface area contributed by atoms with E-state index in [1.54, 1.807) is 35.4 Å². The van der Waals surface area contributed by atoms with Gasteiger partial charge in [0, 0.05) is 55.2 Å². The van der Waals surface area contributed by atoms with Crippen molar-refractivity contribution in [2.45, 2.75) is 19.4 Å². The molecule has 1 fully saturated rings. The summed E-state index contributed by atoms with van der Waals surface area (Å²) in [5.74, 6) is 0.257. The lowest BCUT2D eigenvalue weighted by Gasteiger charge is -2.32. The van der Waals surface area contributed by atoms with Gasteiger partial charge in [0.05, 0.1) is 5.69 Å². The van der Waals surface area contributed by atoms with Crippen molar-refractivity contribution >= 4 is 16.7 Å². The summed E-state index contributed by atoms with van der Waals surface area (Å²) < 4.78 is 1.55. The van der Waals surface area contributed by atoms with E-state index < -0.39 is 0 Å². The van der Waals surface area contributed by atoms with Crippen LogP contribution >= 0.6 is 0 Å². The average Bonchev–Trinajstić information content (AvgIpc) is 2.85. The molecule has 0 aliphatic carbocycles. The molecule has 1 amide bonds. The number of rotatable bonds is 4. The van der Waals surface area contributed by atoms with Gasteiger partial charge in [-0.1, -0.05) is 24.3 Å². The Bertz CT molecular complexity index is 1310. The highest BCUT2D eigenvalue weighted by atomic mass is 16.2. The molecule has 1 aliphatic rings. The lowest BCUT2D eigenvalue weighted by molar-refractivity contribution is 0.0677. The molecule has 1 saturated heterocycles. The van der Waals surface area contributed by atoms with Gasteiger partial charge < -0.3 is 4.90 Å².